The number of aromatic nitrogens is 2. The van der Waals surface area contributed by atoms with E-state index in [-0.39, 0.29) is 11.2 Å². The zero-order valence-electron chi connectivity index (χ0n) is 18.7. The molecule has 0 radical (unpaired) electrons. The van der Waals surface area contributed by atoms with Crippen LogP contribution in [0.2, 0.25) is 0 Å². The standard InChI is InChI=1S/C15H13BrN2O2S.C8H10.C2H6/c1-17-13(19)12-11(7-16)9-21-14(12)18(15(17)20)8-10-5-3-2-4-6-10;1-7-3-5-8(2)6-4-7;1-2/h2-6,9H,7-8H2,1H3;3-6H,1-2H3;1-2H3. The van der Waals surface area contributed by atoms with Crippen LogP contribution in [0.25, 0.3) is 10.2 Å². The fourth-order valence-electron chi connectivity index (χ4n) is 2.97. The first kappa shape index (κ1) is 24.8. The molecule has 4 rings (SSSR count). The summed E-state index contributed by atoms with van der Waals surface area (Å²) in [6.07, 6.45) is 0. The van der Waals surface area contributed by atoms with E-state index < -0.39 is 0 Å². The molecule has 6 heteroatoms. The van der Waals surface area contributed by atoms with Crippen molar-refractivity contribution < 1.29 is 0 Å². The topological polar surface area (TPSA) is 44.0 Å². The van der Waals surface area contributed by atoms with Crippen LogP contribution in [0.4, 0.5) is 0 Å². The lowest BCUT2D eigenvalue weighted by molar-refractivity contribution is 0.677. The van der Waals surface area contributed by atoms with Gasteiger partial charge < -0.3 is 0 Å². The molecule has 4 aromatic rings. The Morgan fingerprint density at radius 3 is 1.97 bits per heavy atom. The number of thiophene rings is 1. The molecule has 2 aromatic carbocycles. The first-order chi connectivity index (χ1) is 14.9. The summed E-state index contributed by atoms with van der Waals surface area (Å²) < 4.78 is 2.85. The third kappa shape index (κ3) is 6.05. The van der Waals surface area contributed by atoms with Gasteiger partial charge in [0.25, 0.3) is 5.56 Å². The van der Waals surface area contributed by atoms with Gasteiger partial charge in [-0.3, -0.25) is 13.9 Å². The van der Waals surface area contributed by atoms with Crippen LogP contribution >= 0.6 is 27.3 Å². The van der Waals surface area contributed by atoms with Gasteiger partial charge in [0.05, 0.1) is 11.9 Å². The van der Waals surface area contributed by atoms with Crippen molar-refractivity contribution >= 4 is 37.5 Å². The maximum atomic E-state index is 12.4. The van der Waals surface area contributed by atoms with Crippen LogP contribution in [0.1, 0.15) is 36.1 Å². The quantitative estimate of drug-likeness (QED) is 0.322. The van der Waals surface area contributed by atoms with Gasteiger partial charge in [-0.25, -0.2) is 4.79 Å². The van der Waals surface area contributed by atoms with Crippen molar-refractivity contribution in [1.82, 2.24) is 9.13 Å². The third-order valence-corrected chi connectivity index (χ3v) is 6.33. The Hall–Kier alpha value is -2.44. The van der Waals surface area contributed by atoms with E-state index in [2.05, 4.69) is 54.0 Å². The molecule has 0 saturated heterocycles. The van der Waals surface area contributed by atoms with Gasteiger partial charge in [-0.15, -0.1) is 11.3 Å². The molecule has 2 aromatic heterocycles. The highest BCUT2D eigenvalue weighted by molar-refractivity contribution is 9.08. The summed E-state index contributed by atoms with van der Waals surface area (Å²) in [5.74, 6) is 0. The lowest BCUT2D eigenvalue weighted by Crippen LogP contribution is -2.38. The monoisotopic (exact) mass is 500 g/mol. The Bertz CT molecular complexity index is 1200. The number of rotatable bonds is 3. The zero-order valence-corrected chi connectivity index (χ0v) is 21.1. The second-order valence-electron chi connectivity index (χ2n) is 6.95. The highest BCUT2D eigenvalue weighted by Gasteiger charge is 2.15. The van der Waals surface area contributed by atoms with Gasteiger partial charge in [-0.1, -0.05) is 95.5 Å². The van der Waals surface area contributed by atoms with Gasteiger partial charge in [0.1, 0.15) is 4.83 Å². The molecule has 0 aliphatic carbocycles. The van der Waals surface area contributed by atoms with Crippen molar-refractivity contribution in [3.05, 3.63) is 103 Å². The van der Waals surface area contributed by atoms with Crippen LogP contribution in [0.15, 0.2) is 69.6 Å². The largest absolute Gasteiger partial charge is 0.332 e. The number of halogens is 1. The highest BCUT2D eigenvalue weighted by Crippen LogP contribution is 2.24. The van der Waals surface area contributed by atoms with Crippen LogP contribution in [0, 0.1) is 13.8 Å². The summed E-state index contributed by atoms with van der Waals surface area (Å²) in [6.45, 7) is 8.66. The Morgan fingerprint density at radius 2 is 1.45 bits per heavy atom. The average molecular weight is 501 g/mol. The van der Waals surface area contributed by atoms with E-state index in [4.69, 9.17) is 0 Å². The molecular weight excluding hydrogens is 472 g/mol. The van der Waals surface area contributed by atoms with Gasteiger partial charge in [0.15, 0.2) is 0 Å². The number of fused-ring (bicyclic) bond motifs is 1. The number of aryl methyl sites for hydroxylation is 2. The molecule has 31 heavy (non-hydrogen) atoms. The SMILES string of the molecule is CC.Cc1ccc(C)cc1.Cn1c(=O)c2c(CBr)csc2n(Cc2ccccc2)c1=O. The number of benzene rings is 2. The molecule has 0 fully saturated rings. The van der Waals surface area contributed by atoms with E-state index in [0.717, 1.165) is 16.0 Å². The fourth-order valence-corrected chi connectivity index (χ4v) is 4.69. The van der Waals surface area contributed by atoms with Crippen LogP contribution < -0.4 is 11.2 Å². The van der Waals surface area contributed by atoms with Crippen molar-refractivity contribution in [2.45, 2.75) is 39.6 Å². The molecule has 0 aliphatic heterocycles. The summed E-state index contributed by atoms with van der Waals surface area (Å²) >= 11 is 4.84. The second-order valence-corrected chi connectivity index (χ2v) is 8.37. The second kappa shape index (κ2) is 11.8. The summed E-state index contributed by atoms with van der Waals surface area (Å²) in [5, 5.41) is 3.17. The van der Waals surface area contributed by atoms with E-state index in [1.165, 1.54) is 34.1 Å². The average Bonchev–Trinajstić information content (AvgIpc) is 3.24. The van der Waals surface area contributed by atoms with Crippen molar-refractivity contribution in [2.75, 3.05) is 0 Å². The van der Waals surface area contributed by atoms with Crippen LogP contribution in [0.5, 0.6) is 0 Å². The minimum atomic E-state index is -0.278. The number of hydrogen-bond donors (Lipinski definition) is 0. The summed E-state index contributed by atoms with van der Waals surface area (Å²) in [6, 6.07) is 18.3. The molecule has 2 heterocycles. The molecule has 0 bridgehead atoms. The zero-order chi connectivity index (χ0) is 23.0. The smallest absolute Gasteiger partial charge is 0.280 e. The number of alkyl halides is 1. The highest BCUT2D eigenvalue weighted by atomic mass is 79.9. The molecule has 164 valence electrons. The van der Waals surface area contributed by atoms with E-state index in [1.54, 1.807) is 4.57 Å². The Labute approximate surface area is 195 Å². The van der Waals surface area contributed by atoms with Crippen molar-refractivity contribution in [2.24, 2.45) is 7.05 Å². The molecule has 0 saturated carbocycles. The van der Waals surface area contributed by atoms with E-state index in [1.807, 2.05) is 49.6 Å². The minimum absolute atomic E-state index is 0.227. The minimum Gasteiger partial charge on any atom is -0.280 e. The third-order valence-electron chi connectivity index (χ3n) is 4.67. The molecule has 0 unspecified atom stereocenters. The van der Waals surface area contributed by atoms with Crippen molar-refractivity contribution in [1.29, 1.82) is 0 Å². The molecule has 0 amide bonds. The van der Waals surface area contributed by atoms with Gasteiger partial charge in [-0.05, 0) is 30.4 Å². The Morgan fingerprint density at radius 1 is 0.903 bits per heavy atom. The van der Waals surface area contributed by atoms with Crippen LogP contribution in [0.3, 0.4) is 0 Å². The molecule has 0 spiro atoms. The van der Waals surface area contributed by atoms with Gasteiger partial charge in [0, 0.05) is 12.4 Å². The Kier molecular flexibility index (Phi) is 9.46. The first-order valence-electron chi connectivity index (χ1n) is 10.3. The van der Waals surface area contributed by atoms with Crippen LogP contribution in [-0.2, 0) is 18.9 Å². The van der Waals surface area contributed by atoms with Crippen molar-refractivity contribution in [3.8, 4) is 0 Å². The van der Waals surface area contributed by atoms with Gasteiger partial charge in [0.2, 0.25) is 0 Å². The Balaban J connectivity index is 0.000000286. The van der Waals surface area contributed by atoms with Crippen LogP contribution in [-0.4, -0.2) is 9.13 Å². The summed E-state index contributed by atoms with van der Waals surface area (Å²) in [7, 11) is 1.53. The number of hydrogen-bond acceptors (Lipinski definition) is 3. The van der Waals surface area contributed by atoms with E-state index in [9.17, 15) is 9.59 Å². The predicted octanol–water partition coefficient (Wildman–Crippen LogP) is 6.03. The van der Waals surface area contributed by atoms with E-state index in [0.29, 0.717) is 17.3 Å². The summed E-state index contributed by atoms with van der Waals surface area (Å²) in [4.78, 5) is 25.5. The molecule has 0 aliphatic rings. The number of nitrogens with zero attached hydrogens (tertiary/aromatic N) is 2. The maximum absolute atomic E-state index is 12.4. The molecular formula is C25H29BrN2O2S. The van der Waals surface area contributed by atoms with Crippen molar-refractivity contribution in [3.63, 3.8) is 0 Å². The van der Waals surface area contributed by atoms with E-state index >= 15 is 0 Å². The van der Waals surface area contributed by atoms with Gasteiger partial charge in [-0.2, -0.15) is 0 Å². The lowest BCUT2D eigenvalue weighted by atomic mass is 10.2. The molecule has 0 atom stereocenters. The summed E-state index contributed by atoms with van der Waals surface area (Å²) in [5.41, 5.74) is 4.12. The molecule has 4 nitrogen and oxygen atoms in total. The molecule has 0 N–H and O–H groups in total. The lowest BCUT2D eigenvalue weighted by Gasteiger charge is -2.10. The normalized spacial score (nSPS) is 10.1. The maximum Gasteiger partial charge on any atom is 0.332 e. The fraction of sp³-hybridized carbons (Fsp3) is 0.280. The predicted molar refractivity (Wildman–Crippen MR) is 137 cm³/mol. The van der Waals surface area contributed by atoms with Gasteiger partial charge >= 0.3 is 5.69 Å². The first-order valence-corrected chi connectivity index (χ1v) is 12.3.